The van der Waals surface area contributed by atoms with Gasteiger partial charge in [-0.25, -0.2) is 14.5 Å². The molecule has 0 saturated heterocycles. The van der Waals surface area contributed by atoms with E-state index in [1.165, 1.54) is 10.9 Å². The molecule has 2 rings (SSSR count). The molecule has 2 aromatic heterocycles. The first-order valence-electron chi connectivity index (χ1n) is 4.89. The summed E-state index contributed by atoms with van der Waals surface area (Å²) in [5, 5.41) is 25.2. The lowest BCUT2D eigenvalue weighted by atomic mass is 10.2. The van der Waals surface area contributed by atoms with Crippen LogP contribution in [0.25, 0.3) is 11.4 Å². The molecular weight excluding hydrogens is 226 g/mol. The number of imidazole rings is 1. The molecule has 8 heteroatoms. The molecule has 0 saturated carbocycles. The van der Waals surface area contributed by atoms with E-state index >= 15 is 0 Å². The molecule has 2 heterocycles. The number of nitrogens with zero attached hydrogens (tertiary/aromatic N) is 5. The Morgan fingerprint density at radius 2 is 2.29 bits per heavy atom. The van der Waals surface area contributed by atoms with Crippen LogP contribution < -0.4 is 0 Å². The fourth-order valence-electron chi connectivity index (χ4n) is 1.55. The Morgan fingerprint density at radius 3 is 2.82 bits per heavy atom. The zero-order valence-electron chi connectivity index (χ0n) is 9.11. The lowest BCUT2D eigenvalue weighted by molar-refractivity contribution is 0.0691. The minimum atomic E-state index is -1.16. The van der Waals surface area contributed by atoms with E-state index in [0.29, 0.717) is 11.4 Å². The van der Waals surface area contributed by atoms with Crippen molar-refractivity contribution in [3.8, 4) is 11.4 Å². The van der Waals surface area contributed by atoms with Crippen molar-refractivity contribution in [3.63, 3.8) is 0 Å². The number of hydrogen-bond donors (Lipinski definition) is 2. The van der Waals surface area contributed by atoms with Crippen molar-refractivity contribution in [2.45, 2.75) is 6.54 Å². The van der Waals surface area contributed by atoms with Gasteiger partial charge >= 0.3 is 5.97 Å². The summed E-state index contributed by atoms with van der Waals surface area (Å²) in [6.45, 7) is 0.0358. The van der Waals surface area contributed by atoms with E-state index in [4.69, 9.17) is 10.2 Å². The third kappa shape index (κ3) is 1.89. The van der Waals surface area contributed by atoms with Crippen LogP contribution in [0.4, 0.5) is 0 Å². The van der Waals surface area contributed by atoms with Crippen molar-refractivity contribution in [1.82, 2.24) is 24.5 Å². The highest BCUT2D eigenvalue weighted by atomic mass is 16.4. The predicted octanol–water partition coefficient (Wildman–Crippen LogP) is -0.631. The van der Waals surface area contributed by atoms with Gasteiger partial charge in [0.25, 0.3) is 0 Å². The molecule has 2 N–H and O–H groups in total. The van der Waals surface area contributed by atoms with Gasteiger partial charge in [0.05, 0.1) is 31.4 Å². The summed E-state index contributed by atoms with van der Waals surface area (Å²) >= 11 is 0. The SMILES string of the molecule is Cn1cncc1-c1c(C(=O)O)nnn1CCO. The van der Waals surface area contributed by atoms with Crippen molar-refractivity contribution in [1.29, 1.82) is 0 Å². The van der Waals surface area contributed by atoms with Crippen LogP contribution in [0.5, 0.6) is 0 Å². The lowest BCUT2D eigenvalue weighted by Gasteiger charge is -2.05. The summed E-state index contributed by atoms with van der Waals surface area (Å²) in [5.41, 5.74) is 0.773. The number of aliphatic hydroxyl groups excluding tert-OH is 1. The monoisotopic (exact) mass is 237 g/mol. The molecule has 0 bridgehead atoms. The number of aryl methyl sites for hydroxylation is 1. The average Bonchev–Trinajstić information content (AvgIpc) is 2.84. The van der Waals surface area contributed by atoms with Crippen molar-refractivity contribution >= 4 is 5.97 Å². The summed E-state index contributed by atoms with van der Waals surface area (Å²) in [5.74, 6) is -1.16. The van der Waals surface area contributed by atoms with Crippen LogP contribution in [-0.2, 0) is 13.6 Å². The number of aromatic carboxylic acids is 1. The Kier molecular flexibility index (Phi) is 2.88. The van der Waals surface area contributed by atoms with Gasteiger partial charge < -0.3 is 14.8 Å². The Bertz CT molecular complexity index is 545. The molecule has 17 heavy (non-hydrogen) atoms. The van der Waals surface area contributed by atoms with E-state index in [-0.39, 0.29) is 18.8 Å². The van der Waals surface area contributed by atoms with Gasteiger partial charge in [0.15, 0.2) is 5.69 Å². The summed E-state index contributed by atoms with van der Waals surface area (Å²) in [7, 11) is 1.74. The van der Waals surface area contributed by atoms with E-state index in [1.807, 2.05) is 0 Å². The highest BCUT2D eigenvalue weighted by Gasteiger charge is 2.22. The van der Waals surface area contributed by atoms with E-state index in [1.54, 1.807) is 17.9 Å². The van der Waals surface area contributed by atoms with E-state index < -0.39 is 5.97 Å². The number of carboxylic acid groups (broad SMARTS) is 1. The van der Waals surface area contributed by atoms with Gasteiger partial charge in [-0.15, -0.1) is 5.10 Å². The zero-order valence-corrected chi connectivity index (χ0v) is 9.11. The standard InChI is InChI=1S/C9H11N5O3/c1-13-5-10-4-6(13)8-7(9(16)17)11-12-14(8)2-3-15/h4-5,15H,2-3H2,1H3,(H,16,17). The second-order valence-electron chi connectivity index (χ2n) is 3.43. The summed E-state index contributed by atoms with van der Waals surface area (Å²) in [6, 6.07) is 0. The minimum absolute atomic E-state index is 0.146. The molecule has 0 radical (unpaired) electrons. The molecule has 0 amide bonds. The Hall–Kier alpha value is -2.22. The van der Waals surface area contributed by atoms with E-state index in [0.717, 1.165) is 0 Å². The molecule has 0 aliphatic carbocycles. The quantitative estimate of drug-likeness (QED) is 0.733. The fourth-order valence-corrected chi connectivity index (χ4v) is 1.55. The third-order valence-corrected chi connectivity index (χ3v) is 2.31. The average molecular weight is 237 g/mol. The normalized spacial score (nSPS) is 10.7. The number of aromatic nitrogens is 5. The largest absolute Gasteiger partial charge is 0.476 e. The van der Waals surface area contributed by atoms with Crippen LogP contribution >= 0.6 is 0 Å². The van der Waals surface area contributed by atoms with Gasteiger partial charge in [0.2, 0.25) is 0 Å². The van der Waals surface area contributed by atoms with Crippen molar-refractivity contribution < 1.29 is 15.0 Å². The van der Waals surface area contributed by atoms with Gasteiger partial charge in [-0.1, -0.05) is 5.21 Å². The maximum absolute atomic E-state index is 11.0. The highest BCUT2D eigenvalue weighted by Crippen LogP contribution is 2.21. The molecule has 0 aliphatic rings. The maximum atomic E-state index is 11.0. The summed E-state index contributed by atoms with van der Waals surface area (Å²) < 4.78 is 3.01. The zero-order chi connectivity index (χ0) is 12.4. The molecule has 0 spiro atoms. The van der Waals surface area contributed by atoms with Gasteiger partial charge in [0, 0.05) is 7.05 Å². The van der Waals surface area contributed by atoms with Crippen LogP contribution in [-0.4, -0.2) is 47.3 Å². The van der Waals surface area contributed by atoms with Crippen LogP contribution in [0.3, 0.4) is 0 Å². The minimum Gasteiger partial charge on any atom is -0.476 e. The number of aliphatic hydroxyl groups is 1. The number of carboxylic acids is 1. The fraction of sp³-hybridized carbons (Fsp3) is 0.333. The van der Waals surface area contributed by atoms with E-state index in [2.05, 4.69) is 15.3 Å². The lowest BCUT2D eigenvalue weighted by Crippen LogP contribution is -2.09. The second-order valence-corrected chi connectivity index (χ2v) is 3.43. The van der Waals surface area contributed by atoms with Gasteiger partial charge in [-0.2, -0.15) is 0 Å². The Morgan fingerprint density at radius 1 is 1.53 bits per heavy atom. The summed E-state index contributed by atoms with van der Waals surface area (Å²) in [4.78, 5) is 15.0. The van der Waals surface area contributed by atoms with Crippen molar-refractivity contribution in [2.75, 3.05) is 6.61 Å². The van der Waals surface area contributed by atoms with Gasteiger partial charge in [-0.05, 0) is 0 Å². The van der Waals surface area contributed by atoms with Crippen LogP contribution in [0, 0.1) is 0 Å². The Balaban J connectivity index is 2.60. The third-order valence-electron chi connectivity index (χ3n) is 2.31. The molecule has 2 aromatic rings. The topological polar surface area (TPSA) is 106 Å². The van der Waals surface area contributed by atoms with Crippen molar-refractivity contribution in [2.24, 2.45) is 7.05 Å². The van der Waals surface area contributed by atoms with Crippen molar-refractivity contribution in [3.05, 3.63) is 18.2 Å². The smallest absolute Gasteiger partial charge is 0.358 e. The van der Waals surface area contributed by atoms with Crippen LogP contribution in [0.1, 0.15) is 10.5 Å². The first-order valence-corrected chi connectivity index (χ1v) is 4.89. The van der Waals surface area contributed by atoms with Crippen LogP contribution in [0.15, 0.2) is 12.5 Å². The molecule has 0 aromatic carbocycles. The number of hydrogen-bond acceptors (Lipinski definition) is 5. The molecule has 0 aliphatic heterocycles. The first kappa shape index (κ1) is 11.3. The number of rotatable bonds is 4. The van der Waals surface area contributed by atoms with Crippen LogP contribution in [0.2, 0.25) is 0 Å². The molecular formula is C9H11N5O3. The molecule has 0 fully saturated rings. The Labute approximate surface area is 96.1 Å². The number of carbonyl (C=O) groups is 1. The molecule has 0 atom stereocenters. The molecule has 8 nitrogen and oxygen atoms in total. The van der Waals surface area contributed by atoms with Gasteiger partial charge in [0.1, 0.15) is 5.69 Å². The molecule has 0 unspecified atom stereocenters. The highest BCUT2D eigenvalue weighted by molar-refractivity contribution is 5.92. The predicted molar refractivity (Wildman–Crippen MR) is 56.3 cm³/mol. The molecule has 90 valence electrons. The van der Waals surface area contributed by atoms with E-state index in [9.17, 15) is 4.79 Å². The summed E-state index contributed by atoms with van der Waals surface area (Å²) in [6.07, 6.45) is 3.08. The van der Waals surface area contributed by atoms with Gasteiger partial charge in [-0.3, -0.25) is 0 Å². The second kappa shape index (κ2) is 4.34. The maximum Gasteiger partial charge on any atom is 0.358 e. The first-order chi connectivity index (χ1) is 8.15.